The lowest BCUT2D eigenvalue weighted by molar-refractivity contribution is 0.206. The Kier molecular flexibility index (Phi) is 2.91. The zero-order valence-electron chi connectivity index (χ0n) is 9.30. The molecule has 16 heavy (non-hydrogen) atoms. The van der Waals surface area contributed by atoms with E-state index in [9.17, 15) is 0 Å². The van der Waals surface area contributed by atoms with Crippen LogP contribution in [0.2, 0.25) is 0 Å². The molecule has 2 aromatic rings. The molecule has 6 heteroatoms. The molecule has 1 aromatic heterocycles. The van der Waals surface area contributed by atoms with Gasteiger partial charge >= 0.3 is 0 Å². The molecule has 0 aliphatic rings. The van der Waals surface area contributed by atoms with Crippen molar-refractivity contribution >= 4 is 22.4 Å². The average molecular weight is 222 g/mol. The lowest BCUT2D eigenvalue weighted by Crippen LogP contribution is -2.22. The summed E-state index contributed by atoms with van der Waals surface area (Å²) >= 11 is 0. The molecule has 1 aromatic carbocycles. The van der Waals surface area contributed by atoms with Gasteiger partial charge in [-0.1, -0.05) is 0 Å². The van der Waals surface area contributed by atoms with Crippen molar-refractivity contribution in [2.45, 2.75) is 0 Å². The van der Waals surface area contributed by atoms with Crippen molar-refractivity contribution in [1.82, 2.24) is 10.3 Å². The predicted molar refractivity (Wildman–Crippen MR) is 61.4 cm³/mol. The minimum Gasteiger partial charge on any atom is -0.397 e. The van der Waals surface area contributed by atoms with E-state index in [1.807, 2.05) is 18.0 Å². The maximum absolute atomic E-state index is 5.76. The van der Waals surface area contributed by atoms with Crippen LogP contribution < -0.4 is 10.6 Å². The SMILES string of the molecule is COCCN(C)c1ccc(N)c2nonc12. The second kappa shape index (κ2) is 4.36. The van der Waals surface area contributed by atoms with Crippen molar-refractivity contribution in [3.63, 3.8) is 0 Å². The molecule has 0 aliphatic carbocycles. The summed E-state index contributed by atoms with van der Waals surface area (Å²) in [7, 11) is 3.63. The van der Waals surface area contributed by atoms with E-state index in [0.717, 1.165) is 12.2 Å². The number of hydrogen-bond acceptors (Lipinski definition) is 6. The Morgan fingerprint density at radius 3 is 2.88 bits per heavy atom. The number of nitrogen functional groups attached to an aromatic ring is 1. The fourth-order valence-corrected chi connectivity index (χ4v) is 1.53. The molecular formula is C10H14N4O2. The van der Waals surface area contributed by atoms with Crippen molar-refractivity contribution in [3.8, 4) is 0 Å². The Morgan fingerprint density at radius 2 is 2.12 bits per heavy atom. The molecular weight excluding hydrogens is 208 g/mol. The molecule has 0 radical (unpaired) electrons. The largest absolute Gasteiger partial charge is 0.397 e. The molecule has 0 aliphatic heterocycles. The Hall–Kier alpha value is -1.82. The molecule has 0 atom stereocenters. The molecule has 0 amide bonds. The molecule has 0 saturated heterocycles. The van der Waals surface area contributed by atoms with E-state index in [0.29, 0.717) is 23.3 Å². The molecule has 6 nitrogen and oxygen atoms in total. The quantitative estimate of drug-likeness (QED) is 0.774. The van der Waals surface area contributed by atoms with E-state index in [2.05, 4.69) is 10.3 Å². The van der Waals surface area contributed by atoms with Crippen LogP contribution in [0, 0.1) is 0 Å². The van der Waals surface area contributed by atoms with Gasteiger partial charge in [-0.25, -0.2) is 4.63 Å². The zero-order chi connectivity index (χ0) is 11.5. The zero-order valence-corrected chi connectivity index (χ0v) is 9.30. The highest BCUT2D eigenvalue weighted by Crippen LogP contribution is 2.27. The number of anilines is 2. The molecule has 0 fully saturated rings. The van der Waals surface area contributed by atoms with Crippen LogP contribution in [0.5, 0.6) is 0 Å². The van der Waals surface area contributed by atoms with Gasteiger partial charge in [0.05, 0.1) is 18.0 Å². The Bertz CT molecular complexity index is 483. The van der Waals surface area contributed by atoms with Crippen LogP contribution in [0.3, 0.4) is 0 Å². The molecule has 0 saturated carbocycles. The fraction of sp³-hybridized carbons (Fsp3) is 0.400. The molecule has 0 bridgehead atoms. The van der Waals surface area contributed by atoms with Crippen LogP contribution in [-0.2, 0) is 4.74 Å². The standard InChI is InChI=1S/C10H14N4O2/c1-14(5-6-15-2)8-4-3-7(11)9-10(8)13-16-12-9/h3-4H,5-6,11H2,1-2H3. The maximum atomic E-state index is 5.76. The third kappa shape index (κ3) is 1.79. The third-order valence-electron chi connectivity index (χ3n) is 2.47. The van der Waals surface area contributed by atoms with Crippen molar-refractivity contribution in [3.05, 3.63) is 12.1 Å². The third-order valence-corrected chi connectivity index (χ3v) is 2.47. The van der Waals surface area contributed by atoms with Crippen molar-refractivity contribution < 1.29 is 9.37 Å². The summed E-state index contributed by atoms with van der Waals surface area (Å²) in [5.74, 6) is 0. The molecule has 0 spiro atoms. The fourth-order valence-electron chi connectivity index (χ4n) is 1.53. The van der Waals surface area contributed by atoms with E-state index in [1.54, 1.807) is 13.2 Å². The summed E-state index contributed by atoms with van der Waals surface area (Å²) in [4.78, 5) is 2.02. The summed E-state index contributed by atoms with van der Waals surface area (Å²) in [6.07, 6.45) is 0. The summed E-state index contributed by atoms with van der Waals surface area (Å²) in [6.45, 7) is 1.41. The number of benzene rings is 1. The highest BCUT2D eigenvalue weighted by Gasteiger charge is 2.12. The minimum absolute atomic E-state index is 0.570. The first-order chi connectivity index (χ1) is 7.74. The molecule has 86 valence electrons. The topological polar surface area (TPSA) is 77.4 Å². The number of nitrogens with two attached hydrogens (primary N) is 1. The smallest absolute Gasteiger partial charge is 0.160 e. The van der Waals surface area contributed by atoms with Crippen LogP contribution in [0.15, 0.2) is 16.8 Å². The van der Waals surface area contributed by atoms with Gasteiger partial charge in [0.15, 0.2) is 11.0 Å². The van der Waals surface area contributed by atoms with Gasteiger partial charge in [0, 0.05) is 20.7 Å². The summed E-state index contributed by atoms with van der Waals surface area (Å²) in [5, 5.41) is 7.63. The van der Waals surface area contributed by atoms with E-state index >= 15 is 0 Å². The predicted octanol–water partition coefficient (Wildman–Crippen LogP) is 0.888. The van der Waals surface area contributed by atoms with Gasteiger partial charge in [0.25, 0.3) is 0 Å². The summed E-state index contributed by atoms with van der Waals surface area (Å²) < 4.78 is 9.73. The Labute approximate surface area is 92.9 Å². The van der Waals surface area contributed by atoms with Crippen LogP contribution in [0.25, 0.3) is 11.0 Å². The van der Waals surface area contributed by atoms with Gasteiger partial charge in [0.2, 0.25) is 0 Å². The van der Waals surface area contributed by atoms with E-state index in [1.165, 1.54) is 0 Å². The first-order valence-corrected chi connectivity index (χ1v) is 4.95. The number of fused-ring (bicyclic) bond motifs is 1. The minimum atomic E-state index is 0.570. The van der Waals surface area contributed by atoms with Gasteiger partial charge in [0.1, 0.15) is 0 Å². The first-order valence-electron chi connectivity index (χ1n) is 4.95. The van der Waals surface area contributed by atoms with Crippen LogP contribution in [0.4, 0.5) is 11.4 Å². The number of ether oxygens (including phenoxy) is 1. The second-order valence-electron chi connectivity index (χ2n) is 3.55. The molecule has 0 unspecified atom stereocenters. The number of methoxy groups -OCH3 is 1. The van der Waals surface area contributed by atoms with Crippen LogP contribution >= 0.6 is 0 Å². The second-order valence-corrected chi connectivity index (χ2v) is 3.55. The van der Waals surface area contributed by atoms with Gasteiger partial charge in [-0.05, 0) is 22.4 Å². The Morgan fingerprint density at radius 1 is 1.38 bits per heavy atom. The molecule has 2 rings (SSSR count). The van der Waals surface area contributed by atoms with E-state index < -0.39 is 0 Å². The van der Waals surface area contributed by atoms with Gasteiger partial charge in [-0.2, -0.15) is 0 Å². The van der Waals surface area contributed by atoms with Crippen molar-refractivity contribution in [2.24, 2.45) is 0 Å². The number of likely N-dealkylation sites (N-methyl/N-ethyl adjacent to an activating group) is 1. The maximum Gasteiger partial charge on any atom is 0.160 e. The monoisotopic (exact) mass is 222 g/mol. The highest BCUT2D eigenvalue weighted by molar-refractivity contribution is 5.95. The molecule has 1 heterocycles. The van der Waals surface area contributed by atoms with Gasteiger partial charge < -0.3 is 15.4 Å². The van der Waals surface area contributed by atoms with Gasteiger partial charge in [-0.3, -0.25) is 0 Å². The Balaban J connectivity index is 2.37. The van der Waals surface area contributed by atoms with E-state index in [-0.39, 0.29) is 0 Å². The van der Waals surface area contributed by atoms with Crippen molar-refractivity contribution in [2.75, 3.05) is 37.9 Å². The van der Waals surface area contributed by atoms with Crippen LogP contribution in [0.1, 0.15) is 0 Å². The number of hydrogen-bond donors (Lipinski definition) is 1. The number of nitrogens with zero attached hydrogens (tertiary/aromatic N) is 3. The summed E-state index contributed by atoms with van der Waals surface area (Å²) in [6, 6.07) is 3.70. The molecule has 2 N–H and O–H groups in total. The normalized spacial score (nSPS) is 10.9. The van der Waals surface area contributed by atoms with Crippen LogP contribution in [-0.4, -0.2) is 37.6 Å². The average Bonchev–Trinajstić information content (AvgIpc) is 2.76. The lowest BCUT2D eigenvalue weighted by atomic mass is 10.2. The number of rotatable bonds is 4. The van der Waals surface area contributed by atoms with E-state index in [4.69, 9.17) is 15.1 Å². The lowest BCUT2D eigenvalue weighted by Gasteiger charge is -2.18. The summed E-state index contributed by atoms with van der Waals surface area (Å²) in [5.41, 5.74) is 8.54. The van der Waals surface area contributed by atoms with Crippen molar-refractivity contribution in [1.29, 1.82) is 0 Å². The van der Waals surface area contributed by atoms with Gasteiger partial charge in [-0.15, -0.1) is 0 Å². The highest BCUT2D eigenvalue weighted by atomic mass is 16.6. The first kappa shape index (κ1) is 10.7. The number of aromatic nitrogens is 2.